The van der Waals surface area contributed by atoms with Gasteiger partial charge in [0.1, 0.15) is 0 Å². The van der Waals surface area contributed by atoms with E-state index in [2.05, 4.69) is 52.4 Å². The summed E-state index contributed by atoms with van der Waals surface area (Å²) in [6.07, 6.45) is 4.92. The Morgan fingerprint density at radius 2 is 2.10 bits per heavy atom. The number of hydrogen-bond donors (Lipinski definition) is 1. The topological polar surface area (TPSA) is 41.1 Å². The van der Waals surface area contributed by atoms with Crippen LogP contribution in [0.4, 0.5) is 5.69 Å². The summed E-state index contributed by atoms with van der Waals surface area (Å²) in [6.45, 7) is 6.89. The van der Waals surface area contributed by atoms with Gasteiger partial charge in [-0.1, -0.05) is 13.0 Å². The molecular formula is C17H24N4. The van der Waals surface area contributed by atoms with Gasteiger partial charge in [-0.25, -0.2) is 0 Å². The Bertz CT molecular complexity index is 568. The summed E-state index contributed by atoms with van der Waals surface area (Å²) in [5, 5.41) is 3.45. The molecule has 112 valence electrons. The van der Waals surface area contributed by atoms with Gasteiger partial charge in [0.25, 0.3) is 0 Å². The van der Waals surface area contributed by atoms with Gasteiger partial charge in [-0.05, 0) is 43.7 Å². The van der Waals surface area contributed by atoms with Crippen molar-refractivity contribution in [1.29, 1.82) is 0 Å². The molecule has 0 aliphatic carbocycles. The summed E-state index contributed by atoms with van der Waals surface area (Å²) in [7, 11) is 2.09. The number of hydrogen-bond acceptors (Lipinski definition) is 4. The lowest BCUT2D eigenvalue weighted by Gasteiger charge is -2.22. The molecule has 0 unspecified atom stereocenters. The molecule has 0 aliphatic rings. The second-order valence-electron chi connectivity index (χ2n) is 5.31. The number of aryl methyl sites for hydroxylation is 1. The highest BCUT2D eigenvalue weighted by Gasteiger charge is 2.08. The van der Waals surface area contributed by atoms with Gasteiger partial charge in [-0.2, -0.15) is 0 Å². The van der Waals surface area contributed by atoms with Crippen molar-refractivity contribution in [3.05, 3.63) is 53.6 Å². The first-order valence-electron chi connectivity index (χ1n) is 7.48. The van der Waals surface area contributed by atoms with Gasteiger partial charge in [0, 0.05) is 25.5 Å². The number of nitrogens with one attached hydrogen (secondary N) is 1. The maximum absolute atomic E-state index is 4.57. The number of anilines is 1. The maximum atomic E-state index is 4.57. The van der Waals surface area contributed by atoms with Crippen LogP contribution in [0.15, 0.2) is 36.7 Å². The predicted molar refractivity (Wildman–Crippen MR) is 87.3 cm³/mol. The van der Waals surface area contributed by atoms with Gasteiger partial charge in [-0.15, -0.1) is 0 Å². The third-order valence-electron chi connectivity index (χ3n) is 3.39. The summed E-state index contributed by atoms with van der Waals surface area (Å²) >= 11 is 0. The van der Waals surface area contributed by atoms with E-state index in [9.17, 15) is 0 Å². The zero-order valence-electron chi connectivity index (χ0n) is 13.1. The quantitative estimate of drug-likeness (QED) is 0.794. The molecule has 0 bridgehead atoms. The monoisotopic (exact) mass is 284 g/mol. The smallest absolute Gasteiger partial charge is 0.0600 e. The van der Waals surface area contributed by atoms with Crippen LogP contribution < -0.4 is 10.2 Å². The fourth-order valence-electron chi connectivity index (χ4n) is 2.32. The van der Waals surface area contributed by atoms with E-state index in [4.69, 9.17) is 0 Å². The molecule has 0 saturated carbocycles. The van der Waals surface area contributed by atoms with Crippen molar-refractivity contribution in [2.45, 2.75) is 33.4 Å². The van der Waals surface area contributed by atoms with E-state index < -0.39 is 0 Å². The Balaban J connectivity index is 2.09. The molecule has 2 aromatic heterocycles. The Labute approximate surface area is 127 Å². The van der Waals surface area contributed by atoms with Crippen LogP contribution in [0, 0.1) is 6.92 Å². The lowest BCUT2D eigenvalue weighted by atomic mass is 10.2. The second-order valence-corrected chi connectivity index (χ2v) is 5.31. The third-order valence-corrected chi connectivity index (χ3v) is 3.39. The highest BCUT2D eigenvalue weighted by Crippen LogP contribution is 2.19. The van der Waals surface area contributed by atoms with Gasteiger partial charge in [0.05, 0.1) is 24.1 Å². The molecule has 21 heavy (non-hydrogen) atoms. The van der Waals surface area contributed by atoms with Crippen molar-refractivity contribution in [1.82, 2.24) is 15.3 Å². The first-order chi connectivity index (χ1) is 10.2. The summed E-state index contributed by atoms with van der Waals surface area (Å²) < 4.78 is 0. The van der Waals surface area contributed by atoms with Crippen LogP contribution in [-0.4, -0.2) is 23.6 Å². The van der Waals surface area contributed by atoms with E-state index >= 15 is 0 Å². The van der Waals surface area contributed by atoms with Crippen LogP contribution in [0.25, 0.3) is 0 Å². The van der Waals surface area contributed by atoms with Gasteiger partial charge in [0.15, 0.2) is 0 Å². The largest absolute Gasteiger partial charge is 0.367 e. The molecule has 0 saturated heterocycles. The highest BCUT2D eigenvalue weighted by atomic mass is 15.1. The minimum absolute atomic E-state index is 0.786. The molecule has 0 amide bonds. The maximum Gasteiger partial charge on any atom is 0.0600 e. The summed E-state index contributed by atoms with van der Waals surface area (Å²) in [4.78, 5) is 11.0. The molecule has 1 N–H and O–H groups in total. The number of rotatable bonds is 7. The fourth-order valence-corrected chi connectivity index (χ4v) is 2.32. The third kappa shape index (κ3) is 4.53. The van der Waals surface area contributed by atoms with E-state index in [1.807, 2.05) is 25.4 Å². The Morgan fingerprint density at radius 1 is 1.24 bits per heavy atom. The normalized spacial score (nSPS) is 10.6. The molecule has 0 fully saturated rings. The molecule has 0 aliphatic heterocycles. The molecule has 2 heterocycles. The molecule has 4 nitrogen and oxygen atoms in total. The number of aromatic nitrogens is 2. The molecular weight excluding hydrogens is 260 g/mol. The van der Waals surface area contributed by atoms with Gasteiger partial charge < -0.3 is 10.2 Å². The zero-order valence-corrected chi connectivity index (χ0v) is 13.1. The second kappa shape index (κ2) is 7.74. The van der Waals surface area contributed by atoms with Gasteiger partial charge >= 0.3 is 0 Å². The SMILES string of the molecule is CCCNCc1ccncc1N(C)Cc1cccc(C)n1. The minimum atomic E-state index is 0.786. The van der Waals surface area contributed by atoms with Crippen molar-refractivity contribution in [3.8, 4) is 0 Å². The Kier molecular flexibility index (Phi) is 5.69. The lowest BCUT2D eigenvalue weighted by molar-refractivity contribution is 0.672. The summed E-state index contributed by atoms with van der Waals surface area (Å²) in [6, 6.07) is 8.22. The average molecular weight is 284 g/mol. The standard InChI is InChI=1S/C17H24N4/c1-4-9-18-11-15-8-10-19-12-17(15)21(3)13-16-7-5-6-14(2)20-16/h5-8,10,12,18H,4,9,11,13H2,1-3H3. The van der Waals surface area contributed by atoms with Crippen LogP contribution in [0.5, 0.6) is 0 Å². The molecule has 2 rings (SSSR count). The van der Waals surface area contributed by atoms with Gasteiger partial charge in [-0.3, -0.25) is 9.97 Å². The van der Waals surface area contributed by atoms with Crippen LogP contribution in [0.2, 0.25) is 0 Å². The van der Waals surface area contributed by atoms with Crippen LogP contribution in [-0.2, 0) is 13.1 Å². The summed E-state index contributed by atoms with van der Waals surface area (Å²) in [5.41, 5.74) is 4.56. The van der Waals surface area contributed by atoms with Crippen LogP contribution in [0.1, 0.15) is 30.3 Å². The molecule has 0 atom stereocenters. The molecule has 2 aromatic rings. The Hall–Kier alpha value is -1.94. The average Bonchev–Trinajstić information content (AvgIpc) is 2.48. The fraction of sp³-hybridized carbons (Fsp3) is 0.412. The first kappa shape index (κ1) is 15.4. The number of nitrogens with zero attached hydrogens (tertiary/aromatic N) is 3. The molecule has 0 aromatic carbocycles. The predicted octanol–water partition coefficient (Wildman–Crippen LogP) is 2.92. The Morgan fingerprint density at radius 3 is 2.86 bits per heavy atom. The van der Waals surface area contributed by atoms with Crippen molar-refractivity contribution in [2.75, 3.05) is 18.5 Å². The van der Waals surface area contributed by atoms with Crippen molar-refractivity contribution < 1.29 is 0 Å². The lowest BCUT2D eigenvalue weighted by Crippen LogP contribution is -2.21. The summed E-state index contributed by atoms with van der Waals surface area (Å²) in [5.74, 6) is 0. The van der Waals surface area contributed by atoms with E-state index in [0.717, 1.165) is 43.1 Å². The van der Waals surface area contributed by atoms with Crippen LogP contribution in [0.3, 0.4) is 0 Å². The van der Waals surface area contributed by atoms with E-state index in [0.29, 0.717) is 0 Å². The van der Waals surface area contributed by atoms with Gasteiger partial charge in [0.2, 0.25) is 0 Å². The van der Waals surface area contributed by atoms with E-state index in [1.54, 1.807) is 0 Å². The minimum Gasteiger partial charge on any atom is -0.367 e. The number of pyridine rings is 2. The molecule has 0 spiro atoms. The van der Waals surface area contributed by atoms with E-state index in [-0.39, 0.29) is 0 Å². The highest BCUT2D eigenvalue weighted by molar-refractivity contribution is 5.51. The van der Waals surface area contributed by atoms with E-state index in [1.165, 1.54) is 5.56 Å². The van der Waals surface area contributed by atoms with Crippen molar-refractivity contribution in [3.63, 3.8) is 0 Å². The zero-order chi connectivity index (χ0) is 15.1. The van der Waals surface area contributed by atoms with Crippen molar-refractivity contribution in [2.24, 2.45) is 0 Å². The first-order valence-corrected chi connectivity index (χ1v) is 7.48. The van der Waals surface area contributed by atoms with Crippen molar-refractivity contribution >= 4 is 5.69 Å². The molecule has 0 radical (unpaired) electrons. The molecule has 4 heteroatoms. The van der Waals surface area contributed by atoms with Crippen LogP contribution >= 0.6 is 0 Å².